The zero-order valence-electron chi connectivity index (χ0n) is 11.9. The summed E-state index contributed by atoms with van der Waals surface area (Å²) in [6.45, 7) is 3.99. The van der Waals surface area contributed by atoms with Crippen LogP contribution < -0.4 is 5.32 Å². The van der Waals surface area contributed by atoms with Gasteiger partial charge in [0, 0.05) is 43.4 Å². The van der Waals surface area contributed by atoms with E-state index in [2.05, 4.69) is 10.2 Å². The first kappa shape index (κ1) is 15.7. The van der Waals surface area contributed by atoms with Gasteiger partial charge >= 0.3 is 0 Å². The van der Waals surface area contributed by atoms with Crippen molar-refractivity contribution in [3.8, 4) is 0 Å². The number of nitrogens with one attached hydrogen (secondary N) is 1. The van der Waals surface area contributed by atoms with Crippen molar-refractivity contribution < 1.29 is 9.13 Å². The van der Waals surface area contributed by atoms with E-state index in [0.29, 0.717) is 29.8 Å². The van der Waals surface area contributed by atoms with Crippen molar-refractivity contribution in [1.29, 1.82) is 0 Å². The van der Waals surface area contributed by atoms with E-state index in [4.69, 9.17) is 16.3 Å². The molecule has 112 valence electrons. The van der Waals surface area contributed by atoms with Crippen LogP contribution >= 0.6 is 11.6 Å². The predicted molar refractivity (Wildman–Crippen MR) is 79.6 cm³/mol. The maximum absolute atomic E-state index is 13.8. The van der Waals surface area contributed by atoms with Gasteiger partial charge in [-0.25, -0.2) is 4.39 Å². The molecule has 1 unspecified atom stereocenters. The van der Waals surface area contributed by atoms with Crippen molar-refractivity contribution in [3.63, 3.8) is 0 Å². The summed E-state index contributed by atoms with van der Waals surface area (Å²) in [5, 5.41) is 4.05. The van der Waals surface area contributed by atoms with Gasteiger partial charge in [-0.2, -0.15) is 0 Å². The molecule has 0 saturated carbocycles. The highest BCUT2D eigenvalue weighted by molar-refractivity contribution is 6.30. The molecule has 2 rings (SSSR count). The molecule has 0 aromatic heterocycles. The minimum absolute atomic E-state index is 0.198. The lowest BCUT2D eigenvalue weighted by atomic mass is 10.1. The van der Waals surface area contributed by atoms with Crippen LogP contribution in [0.25, 0.3) is 0 Å². The second kappa shape index (κ2) is 7.93. The molecule has 1 heterocycles. The quantitative estimate of drug-likeness (QED) is 0.838. The van der Waals surface area contributed by atoms with Crippen LogP contribution in [-0.2, 0) is 11.3 Å². The molecule has 1 N–H and O–H groups in total. The maximum atomic E-state index is 13.8. The first-order valence-corrected chi connectivity index (χ1v) is 7.45. The van der Waals surface area contributed by atoms with Crippen molar-refractivity contribution in [2.75, 3.05) is 33.4 Å². The van der Waals surface area contributed by atoms with Crippen LogP contribution in [0.15, 0.2) is 18.2 Å². The Morgan fingerprint density at radius 3 is 3.05 bits per heavy atom. The Morgan fingerprint density at radius 2 is 2.35 bits per heavy atom. The number of rotatable bonds is 7. The number of methoxy groups -OCH3 is 1. The third-order valence-corrected chi connectivity index (χ3v) is 3.89. The van der Waals surface area contributed by atoms with E-state index in [1.807, 2.05) is 0 Å². The van der Waals surface area contributed by atoms with Crippen LogP contribution in [-0.4, -0.2) is 44.3 Å². The van der Waals surface area contributed by atoms with Crippen LogP contribution in [0.5, 0.6) is 0 Å². The molecule has 1 aromatic carbocycles. The number of hydrogen-bond acceptors (Lipinski definition) is 3. The first-order valence-electron chi connectivity index (χ1n) is 7.07. The minimum Gasteiger partial charge on any atom is -0.383 e. The van der Waals surface area contributed by atoms with Crippen LogP contribution in [0.4, 0.5) is 4.39 Å². The van der Waals surface area contributed by atoms with E-state index in [-0.39, 0.29) is 5.82 Å². The monoisotopic (exact) mass is 300 g/mol. The van der Waals surface area contributed by atoms with Gasteiger partial charge in [-0.1, -0.05) is 11.6 Å². The van der Waals surface area contributed by atoms with E-state index in [0.717, 1.165) is 19.6 Å². The largest absolute Gasteiger partial charge is 0.383 e. The van der Waals surface area contributed by atoms with E-state index in [1.54, 1.807) is 19.2 Å². The molecule has 0 aliphatic carbocycles. The van der Waals surface area contributed by atoms with Crippen molar-refractivity contribution in [1.82, 2.24) is 10.2 Å². The lowest BCUT2D eigenvalue weighted by Gasteiger charge is -2.25. The topological polar surface area (TPSA) is 24.5 Å². The fourth-order valence-electron chi connectivity index (χ4n) is 2.58. The standard InChI is InChI=1S/C15H22ClFN2O/c1-20-8-7-19(11-14-3-2-6-18-14)10-12-9-13(16)4-5-15(12)17/h4-5,9,14,18H,2-3,6-8,10-11H2,1H3. The first-order chi connectivity index (χ1) is 9.69. The van der Waals surface area contributed by atoms with Gasteiger partial charge in [0.25, 0.3) is 0 Å². The molecule has 20 heavy (non-hydrogen) atoms. The Morgan fingerprint density at radius 1 is 1.50 bits per heavy atom. The molecule has 0 bridgehead atoms. The SMILES string of the molecule is COCCN(Cc1cc(Cl)ccc1F)CC1CCCN1. The van der Waals surface area contributed by atoms with E-state index in [9.17, 15) is 4.39 Å². The molecule has 0 amide bonds. The highest BCUT2D eigenvalue weighted by Gasteiger charge is 2.18. The van der Waals surface area contributed by atoms with Gasteiger partial charge in [0.05, 0.1) is 6.61 Å². The van der Waals surface area contributed by atoms with Gasteiger partial charge in [0.1, 0.15) is 5.82 Å². The Hall–Kier alpha value is -0.680. The highest BCUT2D eigenvalue weighted by atomic mass is 35.5. The molecule has 1 aromatic rings. The predicted octanol–water partition coefficient (Wildman–Crippen LogP) is 2.68. The lowest BCUT2D eigenvalue weighted by molar-refractivity contribution is 0.137. The number of benzene rings is 1. The molecule has 1 aliphatic rings. The van der Waals surface area contributed by atoms with E-state index >= 15 is 0 Å². The average Bonchev–Trinajstić information content (AvgIpc) is 2.93. The number of ether oxygens (including phenoxy) is 1. The summed E-state index contributed by atoms with van der Waals surface area (Å²) in [5.41, 5.74) is 0.645. The molecule has 0 spiro atoms. The third kappa shape index (κ3) is 4.70. The van der Waals surface area contributed by atoms with Crippen molar-refractivity contribution >= 4 is 11.6 Å². The van der Waals surface area contributed by atoms with Crippen molar-refractivity contribution in [3.05, 3.63) is 34.6 Å². The van der Waals surface area contributed by atoms with Crippen LogP contribution in [0, 0.1) is 5.82 Å². The molecule has 1 aliphatic heterocycles. The number of nitrogens with zero attached hydrogens (tertiary/aromatic N) is 1. The van der Waals surface area contributed by atoms with Gasteiger partial charge in [0.2, 0.25) is 0 Å². The van der Waals surface area contributed by atoms with Gasteiger partial charge in [-0.3, -0.25) is 4.90 Å². The fraction of sp³-hybridized carbons (Fsp3) is 0.600. The summed E-state index contributed by atoms with van der Waals surface area (Å²) in [4.78, 5) is 2.22. The Labute approximate surface area is 125 Å². The molecule has 1 atom stereocenters. The molecule has 1 saturated heterocycles. The number of halogens is 2. The third-order valence-electron chi connectivity index (χ3n) is 3.65. The molecular formula is C15H22ClFN2O. The van der Waals surface area contributed by atoms with Crippen molar-refractivity contribution in [2.24, 2.45) is 0 Å². The summed E-state index contributed by atoms with van der Waals surface area (Å²) in [7, 11) is 1.69. The molecule has 5 heteroatoms. The normalized spacial score (nSPS) is 18.9. The zero-order chi connectivity index (χ0) is 14.4. The Bertz CT molecular complexity index is 424. The van der Waals surface area contributed by atoms with Gasteiger partial charge in [-0.15, -0.1) is 0 Å². The molecular weight excluding hydrogens is 279 g/mol. The summed E-state index contributed by atoms with van der Waals surface area (Å²) in [6, 6.07) is 5.21. The van der Waals surface area contributed by atoms with Gasteiger partial charge in [0.15, 0.2) is 0 Å². The fourth-order valence-corrected chi connectivity index (χ4v) is 2.78. The van der Waals surface area contributed by atoms with Crippen LogP contribution in [0.2, 0.25) is 5.02 Å². The van der Waals surface area contributed by atoms with Gasteiger partial charge < -0.3 is 10.1 Å². The lowest BCUT2D eigenvalue weighted by Crippen LogP contribution is -2.38. The summed E-state index contributed by atoms with van der Waals surface area (Å²) < 4.78 is 19.0. The Kier molecular flexibility index (Phi) is 6.23. The van der Waals surface area contributed by atoms with E-state index < -0.39 is 0 Å². The van der Waals surface area contributed by atoms with Gasteiger partial charge in [-0.05, 0) is 37.6 Å². The smallest absolute Gasteiger partial charge is 0.127 e. The Balaban J connectivity index is 1.99. The average molecular weight is 301 g/mol. The molecule has 0 radical (unpaired) electrons. The van der Waals surface area contributed by atoms with Crippen molar-refractivity contribution in [2.45, 2.75) is 25.4 Å². The maximum Gasteiger partial charge on any atom is 0.127 e. The number of hydrogen-bond donors (Lipinski definition) is 1. The molecule has 3 nitrogen and oxygen atoms in total. The molecule has 1 fully saturated rings. The van der Waals surface area contributed by atoms with Crippen LogP contribution in [0.3, 0.4) is 0 Å². The second-order valence-electron chi connectivity index (χ2n) is 5.26. The summed E-state index contributed by atoms with van der Waals surface area (Å²) >= 11 is 5.95. The second-order valence-corrected chi connectivity index (χ2v) is 5.69. The zero-order valence-corrected chi connectivity index (χ0v) is 12.6. The van der Waals surface area contributed by atoms with Crippen LogP contribution in [0.1, 0.15) is 18.4 Å². The van der Waals surface area contributed by atoms with E-state index in [1.165, 1.54) is 18.9 Å². The minimum atomic E-state index is -0.198. The summed E-state index contributed by atoms with van der Waals surface area (Å²) in [6.07, 6.45) is 2.40. The highest BCUT2D eigenvalue weighted by Crippen LogP contribution is 2.17. The summed E-state index contributed by atoms with van der Waals surface area (Å²) in [5.74, 6) is -0.198.